The van der Waals surface area contributed by atoms with Gasteiger partial charge in [-0.05, 0) is 72.3 Å². The van der Waals surface area contributed by atoms with E-state index in [-0.39, 0.29) is 0 Å². The Morgan fingerprint density at radius 3 is 1.17 bits per heavy atom. The van der Waals surface area contributed by atoms with E-state index in [1.807, 2.05) is 0 Å². The van der Waals surface area contributed by atoms with E-state index in [9.17, 15) is 0 Å². The first kappa shape index (κ1) is 28.6. The van der Waals surface area contributed by atoms with Crippen LogP contribution in [-0.4, -0.2) is 9.13 Å². The second kappa shape index (κ2) is 10.7. The van der Waals surface area contributed by atoms with E-state index in [1.165, 1.54) is 49.2 Å². The third-order valence-electron chi connectivity index (χ3n) is 11.2. The minimum absolute atomic E-state index is 0.688. The fourth-order valence-corrected chi connectivity index (χ4v) is 8.83. The fraction of sp³-hybridized carbons (Fsp3) is 0.0204. The summed E-state index contributed by atoms with van der Waals surface area (Å²) in [7, 11) is 0. The van der Waals surface area contributed by atoms with Crippen molar-refractivity contribution in [3.63, 3.8) is 0 Å². The molecule has 4 heteroatoms. The summed E-state index contributed by atoms with van der Waals surface area (Å²) >= 11 is 0. The number of rotatable bonds is 4. The Morgan fingerprint density at radius 1 is 0.340 bits per heavy atom. The number of fused-ring (bicyclic) bond motifs is 12. The van der Waals surface area contributed by atoms with Crippen molar-refractivity contribution in [3.05, 3.63) is 181 Å². The average molecular weight is 679 g/mol. The molecule has 0 fully saturated rings. The van der Waals surface area contributed by atoms with Crippen LogP contribution in [0.2, 0.25) is 0 Å². The van der Waals surface area contributed by atoms with E-state index in [1.54, 1.807) is 0 Å². The topological polar surface area (TPSA) is 36.1 Å². The lowest BCUT2D eigenvalue weighted by atomic mass is 9.98. The lowest BCUT2D eigenvalue weighted by Crippen LogP contribution is -1.93. The summed E-state index contributed by atoms with van der Waals surface area (Å²) < 4.78 is 18.4. The predicted octanol–water partition coefficient (Wildman–Crippen LogP) is 13.3. The molecule has 4 heterocycles. The maximum Gasteiger partial charge on any atom is 0.142 e. The van der Waals surface area contributed by atoms with Crippen molar-refractivity contribution in [2.24, 2.45) is 0 Å². The third-order valence-corrected chi connectivity index (χ3v) is 11.2. The van der Waals surface area contributed by atoms with Crippen molar-refractivity contribution in [1.82, 2.24) is 9.13 Å². The molecule has 4 aromatic heterocycles. The van der Waals surface area contributed by atoms with Gasteiger partial charge in [-0.25, -0.2) is 0 Å². The van der Waals surface area contributed by atoms with E-state index < -0.39 is 0 Å². The van der Waals surface area contributed by atoms with Crippen LogP contribution in [0.1, 0.15) is 11.1 Å². The first-order chi connectivity index (χ1) is 26.3. The number of para-hydroxylation sites is 4. The third kappa shape index (κ3) is 4.06. The Hall–Kier alpha value is -7.04. The van der Waals surface area contributed by atoms with Crippen LogP contribution in [0, 0.1) is 0 Å². The molecule has 0 atom stereocenters. The summed E-state index contributed by atoms with van der Waals surface area (Å²) in [6.45, 7) is 0. The van der Waals surface area contributed by atoms with Gasteiger partial charge in [0.2, 0.25) is 0 Å². The summed E-state index contributed by atoms with van der Waals surface area (Å²) in [4.78, 5) is 0. The molecule has 8 aromatic carbocycles. The van der Waals surface area contributed by atoms with Crippen molar-refractivity contribution < 1.29 is 8.83 Å². The second-order valence-electron chi connectivity index (χ2n) is 14.1. The summed E-state index contributed by atoms with van der Waals surface area (Å²) in [6, 6.07) is 60.7. The molecule has 0 saturated carbocycles. The Kier molecular flexibility index (Phi) is 5.80. The van der Waals surface area contributed by atoms with Gasteiger partial charge in [0.05, 0.1) is 22.1 Å². The predicted molar refractivity (Wildman–Crippen MR) is 219 cm³/mol. The smallest absolute Gasteiger partial charge is 0.142 e. The van der Waals surface area contributed by atoms with Gasteiger partial charge < -0.3 is 18.0 Å². The molecule has 0 aliphatic carbocycles. The van der Waals surface area contributed by atoms with Crippen LogP contribution in [0.4, 0.5) is 0 Å². The molecule has 0 aliphatic heterocycles. The van der Waals surface area contributed by atoms with Gasteiger partial charge in [-0.1, -0.05) is 103 Å². The molecule has 12 aromatic rings. The lowest BCUT2D eigenvalue weighted by molar-refractivity contribution is 0.648. The zero-order valence-electron chi connectivity index (χ0n) is 28.6. The SMILES string of the molecule is c1ccc(Cc2c3oc4ccc(-n5c6ccccc6c6ccccc65)cc4c3cc3c2oc2ccc(-n4c5ccccc5c5ccccc54)cc23)cc1. The molecular weight excluding hydrogens is 649 g/mol. The minimum atomic E-state index is 0.688. The highest BCUT2D eigenvalue weighted by atomic mass is 16.3. The average Bonchev–Trinajstić information content (AvgIpc) is 3.96. The Labute approximate surface area is 303 Å². The Balaban J connectivity index is 1.15. The summed E-state index contributed by atoms with van der Waals surface area (Å²) in [6.07, 6.45) is 0.688. The number of furan rings is 2. The zero-order chi connectivity index (χ0) is 34.6. The number of aromatic nitrogens is 2. The lowest BCUT2D eigenvalue weighted by Gasteiger charge is -2.08. The van der Waals surface area contributed by atoms with Gasteiger partial charge in [0.1, 0.15) is 22.3 Å². The molecule has 4 nitrogen and oxygen atoms in total. The number of hydrogen-bond acceptors (Lipinski definition) is 2. The molecular formula is C49H30N2O2. The maximum atomic E-state index is 6.81. The molecule has 0 amide bonds. The van der Waals surface area contributed by atoms with Gasteiger partial charge in [0.25, 0.3) is 0 Å². The molecule has 0 N–H and O–H groups in total. The molecule has 0 bridgehead atoms. The number of nitrogens with zero attached hydrogens (tertiary/aromatic N) is 2. The molecule has 0 unspecified atom stereocenters. The highest BCUT2D eigenvalue weighted by molar-refractivity contribution is 6.18. The van der Waals surface area contributed by atoms with Crippen molar-refractivity contribution in [3.8, 4) is 11.4 Å². The van der Waals surface area contributed by atoms with Gasteiger partial charge in [0, 0.05) is 66.4 Å². The molecule has 0 aliphatic rings. The van der Waals surface area contributed by atoms with Crippen molar-refractivity contribution >= 4 is 87.5 Å². The van der Waals surface area contributed by atoms with Crippen LogP contribution >= 0.6 is 0 Å². The maximum absolute atomic E-state index is 6.81. The first-order valence-corrected chi connectivity index (χ1v) is 18.1. The van der Waals surface area contributed by atoms with E-state index >= 15 is 0 Å². The number of benzene rings is 8. The van der Waals surface area contributed by atoms with Crippen LogP contribution in [0.25, 0.3) is 98.9 Å². The molecule has 0 spiro atoms. The normalized spacial score (nSPS) is 12.2. The summed E-state index contributed by atoms with van der Waals surface area (Å²) in [5, 5.41) is 9.34. The van der Waals surface area contributed by atoms with E-state index in [4.69, 9.17) is 8.83 Å². The highest BCUT2D eigenvalue weighted by Crippen LogP contribution is 2.43. The van der Waals surface area contributed by atoms with Crippen LogP contribution in [0.15, 0.2) is 179 Å². The van der Waals surface area contributed by atoms with Crippen molar-refractivity contribution in [2.75, 3.05) is 0 Å². The van der Waals surface area contributed by atoms with Gasteiger partial charge in [0.15, 0.2) is 0 Å². The van der Waals surface area contributed by atoms with Gasteiger partial charge in [-0.3, -0.25) is 0 Å². The van der Waals surface area contributed by atoms with Crippen molar-refractivity contribution in [1.29, 1.82) is 0 Å². The molecule has 248 valence electrons. The molecule has 53 heavy (non-hydrogen) atoms. The standard InChI is InChI=1S/C49H30N2O2/c1-2-12-30(13-3-1)26-41-48-39(37-27-31(22-24-46(37)52-48)50-42-18-8-4-14-33(42)34-15-5-9-19-43(34)50)29-40-38-28-32(23-25-47(38)53-49(40)41)51-44-20-10-6-16-35(44)36-17-7-11-21-45(36)51/h1-25,27-29H,26H2. The Bertz CT molecular complexity index is 3120. The van der Waals surface area contributed by atoms with Crippen molar-refractivity contribution in [2.45, 2.75) is 6.42 Å². The molecule has 0 saturated heterocycles. The van der Waals surface area contributed by atoms with Crippen LogP contribution in [0.5, 0.6) is 0 Å². The summed E-state index contributed by atoms with van der Waals surface area (Å²) in [5.41, 5.74) is 12.7. The van der Waals surface area contributed by atoms with Crippen LogP contribution < -0.4 is 0 Å². The number of hydrogen-bond donors (Lipinski definition) is 0. The van der Waals surface area contributed by atoms with Gasteiger partial charge >= 0.3 is 0 Å². The quantitative estimate of drug-likeness (QED) is 0.186. The van der Waals surface area contributed by atoms with Gasteiger partial charge in [-0.2, -0.15) is 0 Å². The molecule has 12 rings (SSSR count). The van der Waals surface area contributed by atoms with Gasteiger partial charge in [-0.15, -0.1) is 0 Å². The zero-order valence-corrected chi connectivity index (χ0v) is 28.6. The van der Waals surface area contributed by atoms with E-state index in [2.05, 4.69) is 179 Å². The highest BCUT2D eigenvalue weighted by Gasteiger charge is 2.22. The second-order valence-corrected chi connectivity index (χ2v) is 14.1. The first-order valence-electron chi connectivity index (χ1n) is 18.1. The van der Waals surface area contributed by atoms with Crippen LogP contribution in [-0.2, 0) is 6.42 Å². The largest absolute Gasteiger partial charge is 0.456 e. The Morgan fingerprint density at radius 2 is 0.736 bits per heavy atom. The molecule has 0 radical (unpaired) electrons. The monoisotopic (exact) mass is 678 g/mol. The van der Waals surface area contributed by atoms with E-state index in [0.29, 0.717) is 6.42 Å². The fourth-order valence-electron chi connectivity index (χ4n) is 8.83. The minimum Gasteiger partial charge on any atom is -0.456 e. The van der Waals surface area contributed by atoms with E-state index in [0.717, 1.165) is 60.8 Å². The summed E-state index contributed by atoms with van der Waals surface area (Å²) in [5.74, 6) is 0. The van der Waals surface area contributed by atoms with Crippen LogP contribution in [0.3, 0.4) is 0 Å².